The molecule has 2 rings (SSSR count). The minimum absolute atomic E-state index is 0.143. The van der Waals surface area contributed by atoms with Gasteiger partial charge in [-0.3, -0.25) is 4.79 Å². The third kappa shape index (κ3) is 5.21. The molecule has 0 fully saturated rings. The van der Waals surface area contributed by atoms with Gasteiger partial charge in [0.25, 0.3) is 5.91 Å². The van der Waals surface area contributed by atoms with Gasteiger partial charge in [-0.2, -0.15) is 0 Å². The van der Waals surface area contributed by atoms with Gasteiger partial charge in [-0.25, -0.2) is 4.39 Å². The Hall–Kier alpha value is -1.84. The van der Waals surface area contributed by atoms with Crippen molar-refractivity contribution in [3.8, 4) is 5.75 Å². The number of hydrogen-bond acceptors (Lipinski definition) is 2. The summed E-state index contributed by atoms with van der Waals surface area (Å²) in [6, 6.07) is 5.67. The normalized spacial score (nSPS) is 16.0. The Morgan fingerprint density at radius 1 is 1.33 bits per heavy atom. The van der Waals surface area contributed by atoms with Crippen LogP contribution in [0.25, 0.3) is 0 Å². The summed E-state index contributed by atoms with van der Waals surface area (Å²) in [7, 11) is 0. The first-order chi connectivity index (χ1) is 10.1. The van der Waals surface area contributed by atoms with Gasteiger partial charge in [0.2, 0.25) is 0 Å². The van der Waals surface area contributed by atoms with Crippen LogP contribution in [-0.4, -0.2) is 18.6 Å². The molecule has 1 aliphatic carbocycles. The Balaban J connectivity index is 1.72. The van der Waals surface area contributed by atoms with E-state index in [1.165, 1.54) is 42.7 Å². The highest BCUT2D eigenvalue weighted by Gasteiger charge is 2.14. The number of rotatable bonds is 6. The number of carbonyl (C=O) groups is 1. The smallest absolute Gasteiger partial charge is 0.260 e. The van der Waals surface area contributed by atoms with Gasteiger partial charge in [0, 0.05) is 6.54 Å². The van der Waals surface area contributed by atoms with Gasteiger partial charge in [0.05, 0.1) is 0 Å². The van der Waals surface area contributed by atoms with Crippen molar-refractivity contribution in [3.05, 3.63) is 41.7 Å². The van der Waals surface area contributed by atoms with Crippen molar-refractivity contribution in [1.82, 2.24) is 5.32 Å². The molecule has 0 aliphatic heterocycles. The maximum atomic E-state index is 12.8. The second kappa shape index (κ2) is 7.81. The molecular weight excluding hydrogens is 269 g/mol. The van der Waals surface area contributed by atoms with E-state index in [2.05, 4.69) is 11.4 Å². The van der Waals surface area contributed by atoms with E-state index in [0.29, 0.717) is 12.3 Å². The summed E-state index contributed by atoms with van der Waals surface area (Å²) < 4.78 is 18.3. The maximum Gasteiger partial charge on any atom is 0.260 e. The summed E-state index contributed by atoms with van der Waals surface area (Å²) >= 11 is 0. The zero-order valence-electron chi connectivity index (χ0n) is 12.4. The lowest BCUT2D eigenvalue weighted by atomic mass is 9.97. The van der Waals surface area contributed by atoms with Crippen molar-refractivity contribution in [1.29, 1.82) is 0 Å². The number of nitrogens with one attached hydrogen (secondary N) is 1. The number of carbonyl (C=O) groups excluding carboxylic acids is 1. The summed E-state index contributed by atoms with van der Waals surface area (Å²) in [5.41, 5.74) is 1.44. The predicted molar refractivity (Wildman–Crippen MR) is 80.7 cm³/mol. The molecule has 0 spiro atoms. The monoisotopic (exact) mass is 291 g/mol. The summed E-state index contributed by atoms with van der Waals surface area (Å²) in [6.07, 6.45) is 7.45. The number of amides is 1. The van der Waals surface area contributed by atoms with E-state index in [1.807, 2.05) is 0 Å². The number of allylic oxidation sites excluding steroid dienone is 1. The van der Waals surface area contributed by atoms with Gasteiger partial charge in [-0.1, -0.05) is 11.6 Å². The first-order valence-electron chi connectivity index (χ1n) is 7.53. The molecule has 4 heteroatoms. The van der Waals surface area contributed by atoms with E-state index in [-0.39, 0.29) is 11.7 Å². The van der Waals surface area contributed by atoms with Crippen LogP contribution in [0.2, 0.25) is 0 Å². The molecule has 0 radical (unpaired) electrons. The van der Waals surface area contributed by atoms with Crippen molar-refractivity contribution >= 4 is 5.91 Å². The van der Waals surface area contributed by atoms with Crippen molar-refractivity contribution in [3.63, 3.8) is 0 Å². The van der Waals surface area contributed by atoms with Gasteiger partial charge < -0.3 is 10.1 Å². The van der Waals surface area contributed by atoms with Gasteiger partial charge in [0.1, 0.15) is 11.6 Å². The maximum absolute atomic E-state index is 12.8. The standard InChI is InChI=1S/C17H22FNO2/c1-13(21-16-9-7-15(18)8-10-16)17(20)19-12-11-14-5-3-2-4-6-14/h5,7-10,13H,2-4,6,11-12H2,1H3,(H,19,20)/t13-/m1/s1. The van der Waals surface area contributed by atoms with E-state index in [0.717, 1.165) is 19.3 Å². The molecule has 21 heavy (non-hydrogen) atoms. The SMILES string of the molecule is C[C@@H](Oc1ccc(F)cc1)C(=O)NCCC1=CCCCC1. The van der Waals surface area contributed by atoms with Gasteiger partial charge >= 0.3 is 0 Å². The average molecular weight is 291 g/mol. The first-order valence-corrected chi connectivity index (χ1v) is 7.53. The molecule has 0 heterocycles. The molecule has 0 bridgehead atoms. The highest BCUT2D eigenvalue weighted by atomic mass is 19.1. The molecule has 1 aromatic carbocycles. The lowest BCUT2D eigenvalue weighted by Crippen LogP contribution is -2.36. The van der Waals surface area contributed by atoms with Crippen molar-refractivity contribution in [2.45, 2.75) is 45.1 Å². The Labute approximate surface area is 125 Å². The molecule has 0 saturated heterocycles. The number of halogens is 1. The first kappa shape index (κ1) is 15.5. The fourth-order valence-corrected chi connectivity index (χ4v) is 2.39. The molecule has 1 amide bonds. The van der Waals surface area contributed by atoms with E-state index >= 15 is 0 Å². The second-order valence-electron chi connectivity index (χ2n) is 5.36. The van der Waals surface area contributed by atoms with Gasteiger partial charge in [-0.05, 0) is 63.3 Å². The number of hydrogen-bond donors (Lipinski definition) is 1. The quantitative estimate of drug-likeness (QED) is 0.813. The van der Waals surface area contributed by atoms with E-state index in [1.54, 1.807) is 6.92 Å². The molecule has 1 aliphatic rings. The van der Waals surface area contributed by atoms with Crippen molar-refractivity contribution in [2.24, 2.45) is 0 Å². The van der Waals surface area contributed by atoms with Crippen molar-refractivity contribution in [2.75, 3.05) is 6.54 Å². The molecule has 1 N–H and O–H groups in total. The molecule has 0 aromatic heterocycles. The zero-order valence-corrected chi connectivity index (χ0v) is 12.4. The Morgan fingerprint density at radius 3 is 2.76 bits per heavy atom. The number of ether oxygens (including phenoxy) is 1. The third-order valence-corrected chi connectivity index (χ3v) is 3.63. The fourth-order valence-electron chi connectivity index (χ4n) is 2.39. The van der Waals surface area contributed by atoms with Crippen molar-refractivity contribution < 1.29 is 13.9 Å². The summed E-state index contributed by atoms with van der Waals surface area (Å²) in [4.78, 5) is 11.9. The summed E-state index contributed by atoms with van der Waals surface area (Å²) in [6.45, 7) is 2.33. The van der Waals surface area contributed by atoms with Crippen LogP contribution in [0.4, 0.5) is 4.39 Å². The Morgan fingerprint density at radius 2 is 2.10 bits per heavy atom. The minimum Gasteiger partial charge on any atom is -0.481 e. The fraction of sp³-hybridized carbons (Fsp3) is 0.471. The second-order valence-corrected chi connectivity index (χ2v) is 5.36. The largest absolute Gasteiger partial charge is 0.481 e. The number of benzene rings is 1. The molecule has 3 nitrogen and oxygen atoms in total. The molecule has 0 unspecified atom stereocenters. The van der Waals surface area contributed by atoms with Crippen LogP contribution in [0.15, 0.2) is 35.9 Å². The highest BCUT2D eigenvalue weighted by molar-refractivity contribution is 5.80. The minimum atomic E-state index is -0.587. The third-order valence-electron chi connectivity index (χ3n) is 3.63. The molecular formula is C17H22FNO2. The molecule has 1 aromatic rings. The summed E-state index contributed by atoms with van der Waals surface area (Å²) in [5.74, 6) is 0.0324. The van der Waals surface area contributed by atoms with Crippen LogP contribution in [0.1, 0.15) is 39.0 Å². The lowest BCUT2D eigenvalue weighted by molar-refractivity contribution is -0.127. The average Bonchev–Trinajstić information content (AvgIpc) is 2.50. The van der Waals surface area contributed by atoms with Crippen LogP contribution in [-0.2, 0) is 4.79 Å². The summed E-state index contributed by atoms with van der Waals surface area (Å²) in [5, 5.41) is 2.88. The van der Waals surface area contributed by atoms with E-state index in [9.17, 15) is 9.18 Å². The van der Waals surface area contributed by atoms with E-state index in [4.69, 9.17) is 4.74 Å². The van der Waals surface area contributed by atoms with Crippen LogP contribution in [0.3, 0.4) is 0 Å². The van der Waals surface area contributed by atoms with Crippen LogP contribution in [0.5, 0.6) is 5.75 Å². The van der Waals surface area contributed by atoms with Crippen LogP contribution < -0.4 is 10.1 Å². The zero-order chi connectivity index (χ0) is 15.1. The highest BCUT2D eigenvalue weighted by Crippen LogP contribution is 2.19. The van der Waals surface area contributed by atoms with Gasteiger partial charge in [-0.15, -0.1) is 0 Å². The topological polar surface area (TPSA) is 38.3 Å². The lowest BCUT2D eigenvalue weighted by Gasteiger charge is -2.16. The van der Waals surface area contributed by atoms with Crippen LogP contribution in [0, 0.1) is 5.82 Å². The molecule has 114 valence electrons. The Kier molecular flexibility index (Phi) is 5.78. The van der Waals surface area contributed by atoms with Crippen LogP contribution >= 0.6 is 0 Å². The predicted octanol–water partition coefficient (Wildman–Crippen LogP) is 3.60. The van der Waals surface area contributed by atoms with E-state index < -0.39 is 6.10 Å². The van der Waals surface area contributed by atoms with Gasteiger partial charge in [0.15, 0.2) is 6.10 Å². The molecule has 0 saturated carbocycles. The molecule has 1 atom stereocenters. The Bertz CT molecular complexity index is 496.